The Morgan fingerprint density at radius 1 is 1.38 bits per heavy atom. The number of carbonyl (C=O) groups excluding carboxylic acids is 1. The van der Waals surface area contributed by atoms with Crippen molar-refractivity contribution in [2.45, 2.75) is 0 Å². The maximum Gasteiger partial charge on any atom is 0.405 e. The first kappa shape index (κ1) is 12.1. The van der Waals surface area contributed by atoms with Crippen LogP contribution in [0.25, 0.3) is 0 Å². The van der Waals surface area contributed by atoms with Gasteiger partial charge in [-0.25, -0.2) is 4.79 Å². The Bertz CT molecular complexity index is 402. The number of anilines is 2. The molecule has 0 atom stereocenters. The van der Waals surface area contributed by atoms with Crippen LogP contribution in [-0.4, -0.2) is 23.7 Å². The van der Waals surface area contributed by atoms with Crippen molar-refractivity contribution in [2.24, 2.45) is 0 Å². The number of rotatable bonds is 3. The summed E-state index contributed by atoms with van der Waals surface area (Å²) in [7, 11) is 0. The molecule has 0 aliphatic rings. The van der Waals surface area contributed by atoms with Gasteiger partial charge in [0.25, 0.3) is 0 Å². The summed E-state index contributed by atoms with van der Waals surface area (Å²) in [4.78, 5) is 21.4. The number of nitrogens with two attached hydrogens (primary N) is 1. The number of carboxylic acid groups (broad SMARTS) is 1. The number of nitrogen functional groups attached to an aromatic ring is 1. The van der Waals surface area contributed by atoms with Crippen LogP contribution in [0.2, 0.25) is 5.02 Å². The molecule has 0 fully saturated rings. The van der Waals surface area contributed by atoms with Crippen molar-refractivity contribution in [3.63, 3.8) is 0 Å². The van der Waals surface area contributed by atoms with Gasteiger partial charge in [-0.2, -0.15) is 0 Å². The summed E-state index contributed by atoms with van der Waals surface area (Å²) in [5.74, 6) is -0.496. The highest BCUT2D eigenvalue weighted by Crippen LogP contribution is 2.20. The highest BCUT2D eigenvalue weighted by Gasteiger charge is 2.05. The number of carbonyl (C=O) groups is 2. The number of nitrogens with one attached hydrogen (secondary N) is 2. The molecule has 2 amide bonds. The van der Waals surface area contributed by atoms with Crippen molar-refractivity contribution >= 4 is 35.0 Å². The molecule has 6 nitrogen and oxygen atoms in total. The summed E-state index contributed by atoms with van der Waals surface area (Å²) < 4.78 is 0. The zero-order valence-corrected chi connectivity index (χ0v) is 8.91. The molecule has 16 heavy (non-hydrogen) atoms. The second kappa shape index (κ2) is 5.22. The van der Waals surface area contributed by atoms with Gasteiger partial charge in [-0.15, -0.1) is 0 Å². The molecule has 0 saturated carbocycles. The Kier molecular flexibility index (Phi) is 3.96. The van der Waals surface area contributed by atoms with E-state index in [1.54, 1.807) is 0 Å². The van der Waals surface area contributed by atoms with Crippen LogP contribution in [0.1, 0.15) is 0 Å². The van der Waals surface area contributed by atoms with E-state index < -0.39 is 12.0 Å². The first-order chi connectivity index (χ1) is 7.47. The highest BCUT2D eigenvalue weighted by atomic mass is 35.5. The van der Waals surface area contributed by atoms with Crippen molar-refractivity contribution in [1.29, 1.82) is 0 Å². The number of benzene rings is 1. The van der Waals surface area contributed by atoms with Gasteiger partial charge >= 0.3 is 6.09 Å². The molecule has 5 N–H and O–H groups in total. The molecule has 1 aromatic rings. The van der Waals surface area contributed by atoms with Crippen molar-refractivity contribution in [2.75, 3.05) is 17.6 Å². The van der Waals surface area contributed by atoms with E-state index in [9.17, 15) is 9.59 Å². The molecule has 1 aromatic carbocycles. The fraction of sp³-hybridized carbons (Fsp3) is 0.111. The minimum absolute atomic E-state index is 0.332. The van der Waals surface area contributed by atoms with E-state index in [0.29, 0.717) is 16.4 Å². The molecule has 0 bridgehead atoms. The third-order valence-electron chi connectivity index (χ3n) is 1.60. The molecule has 0 saturated heterocycles. The smallest absolute Gasteiger partial charge is 0.405 e. The third kappa shape index (κ3) is 4.05. The van der Waals surface area contributed by atoms with E-state index >= 15 is 0 Å². The fourth-order valence-electron chi connectivity index (χ4n) is 1.05. The maximum absolute atomic E-state index is 11.2. The van der Waals surface area contributed by atoms with Crippen LogP contribution in [0, 0.1) is 0 Å². The van der Waals surface area contributed by atoms with Crippen LogP contribution in [0.15, 0.2) is 18.2 Å². The molecule has 0 aliphatic carbocycles. The minimum Gasteiger partial charge on any atom is -0.465 e. The van der Waals surface area contributed by atoms with Gasteiger partial charge in [0, 0.05) is 16.4 Å². The molecule has 0 spiro atoms. The van der Waals surface area contributed by atoms with Crippen LogP contribution < -0.4 is 16.4 Å². The van der Waals surface area contributed by atoms with Gasteiger partial charge in [-0.05, 0) is 18.2 Å². The van der Waals surface area contributed by atoms with Gasteiger partial charge in [0.1, 0.15) is 6.54 Å². The average molecular weight is 244 g/mol. The fourth-order valence-corrected chi connectivity index (χ4v) is 1.29. The zero-order valence-electron chi connectivity index (χ0n) is 8.16. The van der Waals surface area contributed by atoms with Gasteiger partial charge in [0.15, 0.2) is 0 Å². The van der Waals surface area contributed by atoms with Gasteiger partial charge in [0.2, 0.25) is 5.91 Å². The maximum atomic E-state index is 11.2. The molecule has 7 heteroatoms. The van der Waals surface area contributed by atoms with Crippen LogP contribution in [0.5, 0.6) is 0 Å². The highest BCUT2D eigenvalue weighted by molar-refractivity contribution is 6.31. The summed E-state index contributed by atoms with van der Waals surface area (Å²) in [6.07, 6.45) is -1.26. The Hall–Kier alpha value is -1.95. The largest absolute Gasteiger partial charge is 0.465 e. The molecule has 86 valence electrons. The van der Waals surface area contributed by atoms with Crippen LogP contribution in [0.3, 0.4) is 0 Å². The standard InChI is InChI=1S/C9H10ClN3O3/c10-5-1-6(11)3-7(2-5)13-8(14)4-12-9(15)16/h1-3,12H,4,11H2,(H,13,14)(H,15,16). The van der Waals surface area contributed by atoms with Crippen molar-refractivity contribution in [1.82, 2.24) is 5.32 Å². The van der Waals surface area contributed by atoms with E-state index in [0.717, 1.165) is 0 Å². The molecule has 0 unspecified atom stereocenters. The predicted molar refractivity (Wildman–Crippen MR) is 60.5 cm³/mol. The lowest BCUT2D eigenvalue weighted by atomic mass is 10.3. The van der Waals surface area contributed by atoms with Crippen molar-refractivity contribution in [3.8, 4) is 0 Å². The Morgan fingerprint density at radius 3 is 2.62 bits per heavy atom. The lowest BCUT2D eigenvalue weighted by Crippen LogP contribution is -2.31. The molecule has 0 radical (unpaired) electrons. The zero-order chi connectivity index (χ0) is 12.1. The SMILES string of the molecule is Nc1cc(Cl)cc(NC(=O)CNC(=O)O)c1. The van der Waals surface area contributed by atoms with Gasteiger partial charge in [-0.3, -0.25) is 4.79 Å². The lowest BCUT2D eigenvalue weighted by Gasteiger charge is -2.06. The second-order valence-electron chi connectivity index (χ2n) is 2.98. The summed E-state index contributed by atoms with van der Waals surface area (Å²) in [5.41, 5.74) is 6.34. The second-order valence-corrected chi connectivity index (χ2v) is 3.42. The molecule has 0 aliphatic heterocycles. The van der Waals surface area contributed by atoms with E-state index in [-0.39, 0.29) is 6.54 Å². The first-order valence-corrected chi connectivity index (χ1v) is 4.68. The summed E-state index contributed by atoms with van der Waals surface area (Å²) in [6.45, 7) is -0.332. The quantitative estimate of drug-likeness (QED) is 0.597. The van der Waals surface area contributed by atoms with Crippen LogP contribution in [0.4, 0.5) is 16.2 Å². The summed E-state index contributed by atoms with van der Waals surface area (Å²) in [6, 6.07) is 4.56. The molecular formula is C9H10ClN3O3. The lowest BCUT2D eigenvalue weighted by molar-refractivity contribution is -0.115. The van der Waals surface area contributed by atoms with Crippen molar-refractivity contribution in [3.05, 3.63) is 23.2 Å². The number of hydrogen-bond acceptors (Lipinski definition) is 3. The van der Waals surface area contributed by atoms with Crippen LogP contribution in [-0.2, 0) is 4.79 Å². The van der Waals surface area contributed by atoms with E-state index in [1.807, 2.05) is 5.32 Å². The summed E-state index contributed by atoms with van der Waals surface area (Å²) >= 11 is 5.72. The molecule has 0 aromatic heterocycles. The van der Waals surface area contributed by atoms with E-state index in [4.69, 9.17) is 22.4 Å². The predicted octanol–water partition coefficient (Wildman–Crippen LogP) is 1.13. The average Bonchev–Trinajstić information content (AvgIpc) is 2.12. The molecular weight excluding hydrogens is 234 g/mol. The monoisotopic (exact) mass is 243 g/mol. The Balaban J connectivity index is 2.59. The van der Waals surface area contributed by atoms with Gasteiger partial charge in [-0.1, -0.05) is 11.6 Å². The van der Waals surface area contributed by atoms with E-state index in [2.05, 4.69) is 5.32 Å². The summed E-state index contributed by atoms with van der Waals surface area (Å²) in [5, 5.41) is 13.1. The van der Waals surface area contributed by atoms with Crippen LogP contribution >= 0.6 is 11.6 Å². The normalized spacial score (nSPS) is 9.56. The first-order valence-electron chi connectivity index (χ1n) is 4.30. The van der Waals surface area contributed by atoms with Gasteiger partial charge < -0.3 is 21.5 Å². The van der Waals surface area contributed by atoms with Crippen molar-refractivity contribution < 1.29 is 14.7 Å². The number of amides is 2. The Morgan fingerprint density at radius 2 is 2.06 bits per heavy atom. The van der Waals surface area contributed by atoms with Gasteiger partial charge in [0.05, 0.1) is 0 Å². The number of halogens is 1. The van der Waals surface area contributed by atoms with E-state index in [1.165, 1.54) is 18.2 Å². The Labute approximate surface area is 96.4 Å². The molecule has 1 rings (SSSR count). The minimum atomic E-state index is -1.26. The third-order valence-corrected chi connectivity index (χ3v) is 1.82. The molecule has 0 heterocycles. The topological polar surface area (TPSA) is 104 Å². The number of hydrogen-bond donors (Lipinski definition) is 4.